The van der Waals surface area contributed by atoms with Crippen molar-refractivity contribution < 1.29 is 15.0 Å². The highest BCUT2D eigenvalue weighted by molar-refractivity contribution is 7.17. The fraction of sp³-hybridized carbons (Fsp3) is 0.471. The molecule has 0 unspecified atom stereocenters. The van der Waals surface area contributed by atoms with E-state index in [4.69, 9.17) is 0 Å². The second-order valence-electron chi connectivity index (χ2n) is 5.88. The van der Waals surface area contributed by atoms with Gasteiger partial charge in [-0.05, 0) is 41.7 Å². The molecule has 0 radical (unpaired) electrons. The van der Waals surface area contributed by atoms with E-state index in [1.807, 2.05) is 12.1 Å². The van der Waals surface area contributed by atoms with Crippen molar-refractivity contribution in [3.05, 3.63) is 35.2 Å². The zero-order valence-corrected chi connectivity index (χ0v) is 13.3. The Labute approximate surface area is 134 Å². The number of fused-ring (bicyclic) bond motifs is 1. The predicted molar refractivity (Wildman–Crippen MR) is 88.0 cm³/mol. The molecule has 1 aromatic carbocycles. The van der Waals surface area contributed by atoms with Crippen molar-refractivity contribution in [3.8, 4) is 0 Å². The van der Waals surface area contributed by atoms with Crippen LogP contribution in [-0.2, 0) is 11.2 Å². The summed E-state index contributed by atoms with van der Waals surface area (Å²) in [5.41, 5.74) is 1.30. The van der Waals surface area contributed by atoms with E-state index < -0.39 is 6.10 Å². The number of carbonyl (C=O) groups excluding carboxylic acids is 1. The van der Waals surface area contributed by atoms with Gasteiger partial charge in [0.15, 0.2) is 0 Å². The number of likely N-dealkylation sites (tertiary alicyclic amines) is 1. The summed E-state index contributed by atoms with van der Waals surface area (Å²) in [5.74, 6) is 0.0372. The van der Waals surface area contributed by atoms with Gasteiger partial charge < -0.3 is 15.1 Å². The highest BCUT2D eigenvalue weighted by atomic mass is 32.1. The molecule has 0 bridgehead atoms. The van der Waals surface area contributed by atoms with Gasteiger partial charge in [-0.3, -0.25) is 4.79 Å². The third kappa shape index (κ3) is 3.16. The normalized spacial score (nSPS) is 21.6. The largest absolute Gasteiger partial charge is 0.394 e. The van der Waals surface area contributed by atoms with Gasteiger partial charge in [-0.15, -0.1) is 11.3 Å². The Morgan fingerprint density at radius 2 is 2.18 bits per heavy atom. The van der Waals surface area contributed by atoms with E-state index in [9.17, 15) is 15.0 Å². The first-order chi connectivity index (χ1) is 10.7. The number of rotatable bonds is 5. The highest BCUT2D eigenvalue weighted by Gasteiger charge is 2.33. The van der Waals surface area contributed by atoms with Gasteiger partial charge in [-0.25, -0.2) is 0 Å². The third-order valence-electron chi connectivity index (χ3n) is 4.32. The molecular formula is C17H21NO3S. The average Bonchev–Trinajstić information content (AvgIpc) is 3.11. The van der Waals surface area contributed by atoms with Crippen LogP contribution in [0.2, 0.25) is 0 Å². The summed E-state index contributed by atoms with van der Waals surface area (Å²) in [5, 5.41) is 22.4. The number of hydrogen-bond acceptors (Lipinski definition) is 4. The van der Waals surface area contributed by atoms with Gasteiger partial charge in [0.1, 0.15) is 0 Å². The molecule has 118 valence electrons. The molecule has 2 N–H and O–H groups in total. The topological polar surface area (TPSA) is 60.8 Å². The molecular weight excluding hydrogens is 298 g/mol. The summed E-state index contributed by atoms with van der Waals surface area (Å²) in [4.78, 5) is 13.9. The number of nitrogens with zero attached hydrogens (tertiary/aromatic N) is 1. The lowest BCUT2D eigenvalue weighted by Gasteiger charge is -2.22. The van der Waals surface area contributed by atoms with Crippen molar-refractivity contribution in [2.24, 2.45) is 0 Å². The van der Waals surface area contributed by atoms with Crippen LogP contribution in [0.4, 0.5) is 0 Å². The first kappa shape index (κ1) is 15.5. The van der Waals surface area contributed by atoms with Gasteiger partial charge >= 0.3 is 0 Å². The Morgan fingerprint density at radius 3 is 3.00 bits per heavy atom. The molecule has 3 rings (SSSR count). The second-order valence-corrected chi connectivity index (χ2v) is 6.79. The van der Waals surface area contributed by atoms with Crippen LogP contribution in [0.15, 0.2) is 29.6 Å². The quantitative estimate of drug-likeness (QED) is 0.888. The first-order valence-electron chi connectivity index (χ1n) is 7.72. The molecule has 0 spiro atoms. The fourth-order valence-electron chi connectivity index (χ4n) is 3.17. The lowest BCUT2D eigenvalue weighted by molar-refractivity contribution is -0.133. The number of aliphatic hydroxyl groups is 2. The average molecular weight is 319 g/mol. The van der Waals surface area contributed by atoms with E-state index in [1.54, 1.807) is 16.2 Å². The van der Waals surface area contributed by atoms with E-state index in [-0.39, 0.29) is 18.6 Å². The number of benzene rings is 1. The molecule has 2 heterocycles. The van der Waals surface area contributed by atoms with Gasteiger partial charge in [0.25, 0.3) is 0 Å². The smallest absolute Gasteiger partial charge is 0.222 e. The third-order valence-corrected chi connectivity index (χ3v) is 5.33. The predicted octanol–water partition coefficient (Wildman–Crippen LogP) is 2.18. The molecule has 2 aromatic rings. The number of hydrogen-bond donors (Lipinski definition) is 2. The van der Waals surface area contributed by atoms with Crippen LogP contribution in [0.5, 0.6) is 0 Å². The SMILES string of the molecule is O=C(CCCc1csc2ccccc12)N1C[C@@H](O)C[C@H]1CO. The van der Waals surface area contributed by atoms with Crippen LogP contribution in [-0.4, -0.2) is 46.3 Å². The minimum atomic E-state index is -0.498. The Kier molecular flexibility index (Phi) is 4.76. The molecule has 0 saturated carbocycles. The van der Waals surface area contributed by atoms with Gasteiger partial charge in [0.05, 0.1) is 18.8 Å². The summed E-state index contributed by atoms with van der Waals surface area (Å²) in [6, 6.07) is 8.11. The summed E-state index contributed by atoms with van der Waals surface area (Å²) < 4.78 is 1.28. The minimum absolute atomic E-state index is 0.0372. The molecule has 1 saturated heterocycles. The molecule has 1 aromatic heterocycles. The number of β-amino-alcohol motifs (C(OH)–C–C–N with tert-alkyl or cyclic N) is 1. The van der Waals surface area contributed by atoms with Crippen LogP contribution in [0.25, 0.3) is 10.1 Å². The van der Waals surface area contributed by atoms with Crippen molar-refractivity contribution in [1.82, 2.24) is 4.90 Å². The number of thiophene rings is 1. The number of aliphatic hydroxyl groups excluding tert-OH is 2. The van der Waals surface area contributed by atoms with Gasteiger partial charge in [-0.1, -0.05) is 18.2 Å². The molecule has 1 aliphatic rings. The van der Waals surface area contributed by atoms with Crippen molar-refractivity contribution in [2.45, 2.75) is 37.8 Å². The Balaban J connectivity index is 1.55. The maximum atomic E-state index is 12.3. The molecule has 1 amide bonds. The Morgan fingerprint density at radius 1 is 1.36 bits per heavy atom. The van der Waals surface area contributed by atoms with Crippen LogP contribution in [0.1, 0.15) is 24.8 Å². The summed E-state index contributed by atoms with van der Waals surface area (Å²) in [7, 11) is 0. The molecule has 22 heavy (non-hydrogen) atoms. The molecule has 4 nitrogen and oxygen atoms in total. The van der Waals surface area contributed by atoms with Crippen LogP contribution < -0.4 is 0 Å². The number of aryl methyl sites for hydroxylation is 1. The molecule has 5 heteroatoms. The van der Waals surface area contributed by atoms with Crippen LogP contribution in [0.3, 0.4) is 0 Å². The lowest BCUT2D eigenvalue weighted by Crippen LogP contribution is -2.37. The van der Waals surface area contributed by atoms with E-state index >= 15 is 0 Å². The summed E-state index contributed by atoms with van der Waals surface area (Å²) in [6.07, 6.45) is 2.13. The first-order valence-corrected chi connectivity index (χ1v) is 8.60. The molecule has 1 aliphatic heterocycles. The zero-order valence-electron chi connectivity index (χ0n) is 12.4. The lowest BCUT2D eigenvalue weighted by atomic mass is 10.1. The van der Waals surface area contributed by atoms with Crippen LogP contribution >= 0.6 is 11.3 Å². The maximum absolute atomic E-state index is 12.3. The van der Waals surface area contributed by atoms with Crippen molar-refractivity contribution in [3.63, 3.8) is 0 Å². The van der Waals surface area contributed by atoms with E-state index in [0.29, 0.717) is 19.4 Å². The number of amides is 1. The van der Waals surface area contributed by atoms with Gasteiger partial charge in [0.2, 0.25) is 5.91 Å². The van der Waals surface area contributed by atoms with Gasteiger partial charge in [0, 0.05) is 17.7 Å². The van der Waals surface area contributed by atoms with E-state index in [0.717, 1.165) is 12.8 Å². The summed E-state index contributed by atoms with van der Waals surface area (Å²) >= 11 is 1.74. The van der Waals surface area contributed by atoms with Crippen LogP contribution in [0, 0.1) is 0 Å². The van der Waals surface area contributed by atoms with Crippen molar-refractivity contribution in [1.29, 1.82) is 0 Å². The minimum Gasteiger partial charge on any atom is -0.394 e. The highest BCUT2D eigenvalue weighted by Crippen LogP contribution is 2.27. The standard InChI is InChI=1S/C17H21NO3S/c19-10-13-8-14(20)9-18(13)17(21)7-3-4-12-11-22-16-6-2-1-5-15(12)16/h1-2,5-6,11,13-14,19-20H,3-4,7-10H2/t13-,14-/m0/s1. The Hall–Kier alpha value is -1.43. The van der Waals surface area contributed by atoms with E-state index in [2.05, 4.69) is 17.5 Å². The number of carbonyl (C=O) groups is 1. The molecule has 0 aliphatic carbocycles. The Bertz CT molecular complexity index is 654. The van der Waals surface area contributed by atoms with Crippen molar-refractivity contribution in [2.75, 3.05) is 13.2 Å². The maximum Gasteiger partial charge on any atom is 0.222 e. The monoisotopic (exact) mass is 319 g/mol. The van der Waals surface area contributed by atoms with Gasteiger partial charge in [-0.2, -0.15) is 0 Å². The zero-order chi connectivity index (χ0) is 15.5. The molecule has 2 atom stereocenters. The molecule has 1 fully saturated rings. The fourth-order valence-corrected chi connectivity index (χ4v) is 4.17. The van der Waals surface area contributed by atoms with Crippen molar-refractivity contribution >= 4 is 27.3 Å². The second kappa shape index (κ2) is 6.77. The van der Waals surface area contributed by atoms with E-state index in [1.165, 1.54) is 15.6 Å². The summed E-state index contributed by atoms with van der Waals surface area (Å²) in [6.45, 7) is 0.281.